The van der Waals surface area contributed by atoms with E-state index in [1.165, 1.54) is 14.2 Å². The second kappa shape index (κ2) is 7.66. The van der Waals surface area contributed by atoms with E-state index in [2.05, 4.69) is 4.90 Å². The number of halogens is 1. The van der Waals surface area contributed by atoms with Crippen LogP contribution in [0.2, 0.25) is 5.02 Å². The van der Waals surface area contributed by atoms with Crippen molar-refractivity contribution < 1.29 is 19.1 Å². The zero-order valence-electron chi connectivity index (χ0n) is 13.6. The Balaban J connectivity index is 2.18. The maximum atomic E-state index is 11.9. The summed E-state index contributed by atoms with van der Waals surface area (Å²) in [5, 5.41) is 0.462. The number of carbonyl (C=O) groups is 2. The van der Waals surface area contributed by atoms with Gasteiger partial charge in [-0.1, -0.05) is 11.6 Å². The minimum atomic E-state index is -0.480. The Kier molecular flexibility index (Phi) is 5.85. The number of methoxy groups -OCH3 is 2. The standard InChI is InChI=1S/C16H21ClN2O4/c1-11(20)19-6-4-18(5-7-19)10-12-8-13(17)9-14(15(12)22-2)16(21)23-3/h8-9H,4-7,10H2,1-3H3. The third-order valence-electron chi connectivity index (χ3n) is 3.95. The number of hydrogen-bond donors (Lipinski definition) is 0. The van der Waals surface area contributed by atoms with E-state index < -0.39 is 5.97 Å². The molecule has 1 fully saturated rings. The summed E-state index contributed by atoms with van der Waals surface area (Å²) in [6, 6.07) is 3.34. The van der Waals surface area contributed by atoms with Crippen molar-refractivity contribution >= 4 is 23.5 Å². The molecule has 0 unspecified atom stereocenters. The van der Waals surface area contributed by atoms with E-state index in [9.17, 15) is 9.59 Å². The molecular formula is C16H21ClN2O4. The molecule has 0 aliphatic carbocycles. The summed E-state index contributed by atoms with van der Waals surface area (Å²) in [4.78, 5) is 27.3. The molecule has 0 bridgehead atoms. The molecule has 23 heavy (non-hydrogen) atoms. The van der Waals surface area contributed by atoms with Crippen molar-refractivity contribution in [1.29, 1.82) is 0 Å². The lowest BCUT2D eigenvalue weighted by Crippen LogP contribution is -2.47. The van der Waals surface area contributed by atoms with Crippen molar-refractivity contribution in [3.63, 3.8) is 0 Å². The molecule has 1 aliphatic heterocycles. The predicted molar refractivity (Wildman–Crippen MR) is 86.9 cm³/mol. The molecule has 1 aromatic carbocycles. The summed E-state index contributed by atoms with van der Waals surface area (Å²) in [6.07, 6.45) is 0. The van der Waals surface area contributed by atoms with Crippen LogP contribution in [0.4, 0.5) is 0 Å². The zero-order chi connectivity index (χ0) is 17.0. The second-order valence-corrected chi connectivity index (χ2v) is 5.86. The molecule has 0 spiro atoms. The lowest BCUT2D eigenvalue weighted by Gasteiger charge is -2.34. The minimum Gasteiger partial charge on any atom is -0.496 e. The van der Waals surface area contributed by atoms with E-state index in [1.807, 2.05) is 4.90 Å². The van der Waals surface area contributed by atoms with Crippen molar-refractivity contribution in [3.05, 3.63) is 28.3 Å². The first kappa shape index (κ1) is 17.6. The maximum absolute atomic E-state index is 11.9. The van der Waals surface area contributed by atoms with Gasteiger partial charge in [0.05, 0.1) is 14.2 Å². The highest BCUT2D eigenvalue weighted by atomic mass is 35.5. The number of ether oxygens (including phenoxy) is 2. The lowest BCUT2D eigenvalue weighted by molar-refractivity contribution is -0.130. The van der Waals surface area contributed by atoms with Crippen LogP contribution in [0.3, 0.4) is 0 Å². The lowest BCUT2D eigenvalue weighted by atomic mass is 10.1. The fourth-order valence-corrected chi connectivity index (χ4v) is 2.97. The summed E-state index contributed by atoms with van der Waals surface area (Å²) in [5.74, 6) is 0.0974. The van der Waals surface area contributed by atoms with E-state index in [4.69, 9.17) is 21.1 Å². The highest BCUT2D eigenvalue weighted by Gasteiger charge is 2.22. The topological polar surface area (TPSA) is 59.1 Å². The molecule has 126 valence electrons. The largest absolute Gasteiger partial charge is 0.496 e. The van der Waals surface area contributed by atoms with Gasteiger partial charge in [-0.05, 0) is 12.1 Å². The molecule has 1 saturated heterocycles. The zero-order valence-corrected chi connectivity index (χ0v) is 14.4. The van der Waals surface area contributed by atoms with Gasteiger partial charge in [0.15, 0.2) is 0 Å². The molecule has 6 nitrogen and oxygen atoms in total. The van der Waals surface area contributed by atoms with E-state index in [0.29, 0.717) is 36.0 Å². The van der Waals surface area contributed by atoms with Gasteiger partial charge in [-0.3, -0.25) is 9.69 Å². The third kappa shape index (κ3) is 4.14. The molecule has 1 amide bonds. The Bertz CT molecular complexity index is 598. The fourth-order valence-electron chi connectivity index (χ4n) is 2.73. The molecule has 0 aromatic heterocycles. The molecule has 0 N–H and O–H groups in total. The fraction of sp³-hybridized carbons (Fsp3) is 0.500. The van der Waals surface area contributed by atoms with E-state index in [0.717, 1.165) is 18.7 Å². The molecule has 0 radical (unpaired) electrons. The Morgan fingerprint density at radius 3 is 2.35 bits per heavy atom. The Morgan fingerprint density at radius 1 is 1.17 bits per heavy atom. The SMILES string of the molecule is COC(=O)c1cc(Cl)cc(CN2CCN(C(C)=O)CC2)c1OC. The number of nitrogens with zero attached hydrogens (tertiary/aromatic N) is 2. The number of benzene rings is 1. The molecule has 0 atom stereocenters. The molecule has 0 saturated carbocycles. The second-order valence-electron chi connectivity index (χ2n) is 5.42. The first-order chi connectivity index (χ1) is 11.0. The molecule has 1 heterocycles. The monoisotopic (exact) mass is 340 g/mol. The van der Waals surface area contributed by atoms with Gasteiger partial charge in [0, 0.05) is 50.2 Å². The number of carbonyl (C=O) groups excluding carboxylic acids is 2. The number of amides is 1. The third-order valence-corrected chi connectivity index (χ3v) is 4.17. The predicted octanol–water partition coefficient (Wildman–Crippen LogP) is 1.80. The summed E-state index contributed by atoms with van der Waals surface area (Å²) >= 11 is 6.13. The Morgan fingerprint density at radius 2 is 1.83 bits per heavy atom. The van der Waals surface area contributed by atoms with Gasteiger partial charge in [0.25, 0.3) is 0 Å². The van der Waals surface area contributed by atoms with Crippen LogP contribution in [-0.4, -0.2) is 62.1 Å². The highest BCUT2D eigenvalue weighted by molar-refractivity contribution is 6.31. The van der Waals surface area contributed by atoms with Crippen LogP contribution < -0.4 is 4.74 Å². The Hall–Kier alpha value is -1.79. The summed E-state index contributed by atoms with van der Waals surface area (Å²) in [5.41, 5.74) is 1.15. The van der Waals surface area contributed by atoms with E-state index in [-0.39, 0.29) is 5.91 Å². The van der Waals surface area contributed by atoms with Crippen LogP contribution in [0, 0.1) is 0 Å². The molecule has 7 heteroatoms. The minimum absolute atomic E-state index is 0.0953. The van der Waals surface area contributed by atoms with Crippen LogP contribution in [-0.2, 0) is 16.1 Å². The van der Waals surface area contributed by atoms with Crippen LogP contribution in [0.15, 0.2) is 12.1 Å². The average molecular weight is 341 g/mol. The van der Waals surface area contributed by atoms with Gasteiger partial charge >= 0.3 is 5.97 Å². The number of esters is 1. The number of rotatable bonds is 4. The maximum Gasteiger partial charge on any atom is 0.341 e. The van der Waals surface area contributed by atoms with Crippen molar-refractivity contribution in [1.82, 2.24) is 9.80 Å². The van der Waals surface area contributed by atoms with Gasteiger partial charge in [0.2, 0.25) is 5.91 Å². The van der Waals surface area contributed by atoms with Gasteiger partial charge in [0.1, 0.15) is 11.3 Å². The van der Waals surface area contributed by atoms with Crippen molar-refractivity contribution in [2.24, 2.45) is 0 Å². The smallest absolute Gasteiger partial charge is 0.341 e. The quantitative estimate of drug-likeness (QED) is 0.782. The van der Waals surface area contributed by atoms with E-state index in [1.54, 1.807) is 19.1 Å². The first-order valence-electron chi connectivity index (χ1n) is 7.38. The van der Waals surface area contributed by atoms with Crippen LogP contribution in [0.25, 0.3) is 0 Å². The van der Waals surface area contributed by atoms with Crippen molar-refractivity contribution in [3.8, 4) is 5.75 Å². The van der Waals surface area contributed by atoms with Gasteiger partial charge in [-0.2, -0.15) is 0 Å². The molecule has 1 aliphatic rings. The number of piperazine rings is 1. The number of hydrogen-bond acceptors (Lipinski definition) is 5. The van der Waals surface area contributed by atoms with Crippen LogP contribution in [0.5, 0.6) is 5.75 Å². The first-order valence-corrected chi connectivity index (χ1v) is 7.76. The average Bonchev–Trinajstić information content (AvgIpc) is 2.54. The molecule has 1 aromatic rings. The van der Waals surface area contributed by atoms with Crippen molar-refractivity contribution in [2.45, 2.75) is 13.5 Å². The van der Waals surface area contributed by atoms with Gasteiger partial charge in [-0.15, -0.1) is 0 Å². The van der Waals surface area contributed by atoms with Gasteiger partial charge in [-0.25, -0.2) is 4.79 Å². The van der Waals surface area contributed by atoms with Crippen LogP contribution in [0.1, 0.15) is 22.8 Å². The summed E-state index contributed by atoms with van der Waals surface area (Å²) in [6.45, 7) is 5.10. The van der Waals surface area contributed by atoms with Crippen LogP contribution >= 0.6 is 11.6 Å². The normalized spacial score (nSPS) is 15.4. The van der Waals surface area contributed by atoms with E-state index >= 15 is 0 Å². The van der Waals surface area contributed by atoms with Crippen molar-refractivity contribution in [2.75, 3.05) is 40.4 Å². The van der Waals surface area contributed by atoms with Gasteiger partial charge < -0.3 is 14.4 Å². The Labute approximate surface area is 140 Å². The molecule has 2 rings (SSSR count). The summed E-state index contributed by atoms with van der Waals surface area (Å²) < 4.78 is 10.2. The molecular weight excluding hydrogens is 320 g/mol. The highest BCUT2D eigenvalue weighted by Crippen LogP contribution is 2.30. The summed E-state index contributed by atoms with van der Waals surface area (Å²) in [7, 11) is 2.84.